The van der Waals surface area contributed by atoms with Crippen molar-refractivity contribution in [2.24, 2.45) is 0 Å². The number of nitrogens with one attached hydrogen (secondary N) is 1. The van der Waals surface area contributed by atoms with E-state index in [-0.39, 0.29) is 11.7 Å². The van der Waals surface area contributed by atoms with Crippen molar-refractivity contribution >= 4 is 5.91 Å². The molecule has 3 rings (SSSR count). The number of hydrogen-bond acceptors (Lipinski definition) is 5. The standard InChI is InChI=1S/C19H18FN3O3/c1-25-16-10-6-13(7-11-16)18-22-17(26-23-18)3-2-12-21-19(24)14-4-8-15(20)9-5-14/h4-11H,2-3,12H2,1H3,(H,21,24). The fourth-order valence-electron chi connectivity index (χ4n) is 2.36. The second-order valence-corrected chi connectivity index (χ2v) is 5.61. The second-order valence-electron chi connectivity index (χ2n) is 5.61. The lowest BCUT2D eigenvalue weighted by Crippen LogP contribution is -2.24. The highest BCUT2D eigenvalue weighted by Gasteiger charge is 2.09. The third kappa shape index (κ3) is 4.44. The fourth-order valence-corrected chi connectivity index (χ4v) is 2.36. The molecule has 7 heteroatoms. The number of carbonyl (C=O) groups is 1. The van der Waals surface area contributed by atoms with Crippen molar-refractivity contribution in [3.8, 4) is 17.1 Å². The first kappa shape index (κ1) is 17.6. The Hall–Kier alpha value is -3.22. The first-order valence-electron chi connectivity index (χ1n) is 8.16. The molecule has 134 valence electrons. The lowest BCUT2D eigenvalue weighted by Gasteiger charge is -2.03. The summed E-state index contributed by atoms with van der Waals surface area (Å²) in [4.78, 5) is 16.3. The van der Waals surface area contributed by atoms with Crippen LogP contribution in [-0.2, 0) is 6.42 Å². The van der Waals surface area contributed by atoms with E-state index in [1.165, 1.54) is 24.3 Å². The topological polar surface area (TPSA) is 77.3 Å². The Labute approximate surface area is 150 Å². The van der Waals surface area contributed by atoms with E-state index in [0.717, 1.165) is 11.3 Å². The van der Waals surface area contributed by atoms with E-state index >= 15 is 0 Å². The van der Waals surface area contributed by atoms with E-state index < -0.39 is 0 Å². The highest BCUT2D eigenvalue weighted by Crippen LogP contribution is 2.19. The molecule has 0 spiro atoms. The highest BCUT2D eigenvalue weighted by molar-refractivity contribution is 5.94. The van der Waals surface area contributed by atoms with E-state index in [0.29, 0.717) is 36.7 Å². The number of carbonyl (C=O) groups excluding carboxylic acids is 1. The zero-order valence-electron chi connectivity index (χ0n) is 14.2. The summed E-state index contributed by atoms with van der Waals surface area (Å²) in [6.07, 6.45) is 1.20. The van der Waals surface area contributed by atoms with Crippen LogP contribution in [0.4, 0.5) is 4.39 Å². The van der Waals surface area contributed by atoms with Crippen LogP contribution in [0.5, 0.6) is 5.75 Å². The summed E-state index contributed by atoms with van der Waals surface area (Å²) in [6, 6.07) is 12.8. The van der Waals surface area contributed by atoms with Gasteiger partial charge in [0.15, 0.2) is 0 Å². The van der Waals surface area contributed by atoms with Gasteiger partial charge in [0.1, 0.15) is 11.6 Å². The van der Waals surface area contributed by atoms with Gasteiger partial charge in [-0.15, -0.1) is 0 Å². The van der Waals surface area contributed by atoms with Crippen molar-refractivity contribution in [1.82, 2.24) is 15.5 Å². The summed E-state index contributed by atoms with van der Waals surface area (Å²) in [6.45, 7) is 0.455. The van der Waals surface area contributed by atoms with Gasteiger partial charge < -0.3 is 14.6 Å². The quantitative estimate of drug-likeness (QED) is 0.658. The zero-order chi connectivity index (χ0) is 18.4. The molecule has 0 aliphatic heterocycles. The number of halogens is 1. The van der Waals surface area contributed by atoms with Crippen molar-refractivity contribution in [2.45, 2.75) is 12.8 Å². The van der Waals surface area contributed by atoms with Crippen LogP contribution in [0.15, 0.2) is 53.1 Å². The largest absolute Gasteiger partial charge is 0.497 e. The zero-order valence-corrected chi connectivity index (χ0v) is 14.2. The van der Waals surface area contributed by atoms with Crippen LogP contribution >= 0.6 is 0 Å². The lowest BCUT2D eigenvalue weighted by atomic mass is 10.2. The van der Waals surface area contributed by atoms with Gasteiger partial charge in [0, 0.05) is 24.1 Å². The molecule has 0 aliphatic carbocycles. The first-order valence-corrected chi connectivity index (χ1v) is 8.16. The maximum absolute atomic E-state index is 12.8. The van der Waals surface area contributed by atoms with Crippen LogP contribution in [0.2, 0.25) is 0 Å². The molecule has 0 radical (unpaired) electrons. The van der Waals surface area contributed by atoms with Crippen LogP contribution in [0, 0.1) is 5.82 Å². The number of benzene rings is 2. The van der Waals surface area contributed by atoms with Crippen LogP contribution in [-0.4, -0.2) is 29.7 Å². The van der Waals surface area contributed by atoms with Crippen LogP contribution in [0.1, 0.15) is 22.7 Å². The van der Waals surface area contributed by atoms with Crippen molar-refractivity contribution in [3.63, 3.8) is 0 Å². The summed E-state index contributed by atoms with van der Waals surface area (Å²) in [5, 5.41) is 6.74. The molecule has 0 atom stereocenters. The number of aromatic nitrogens is 2. The van der Waals surface area contributed by atoms with Gasteiger partial charge in [-0.05, 0) is 55.0 Å². The molecule has 3 aromatic rings. The summed E-state index contributed by atoms with van der Waals surface area (Å²) >= 11 is 0. The normalized spacial score (nSPS) is 10.5. The van der Waals surface area contributed by atoms with Gasteiger partial charge in [-0.2, -0.15) is 4.98 Å². The summed E-state index contributed by atoms with van der Waals surface area (Å²) in [7, 11) is 1.61. The maximum atomic E-state index is 12.8. The Morgan fingerprint density at radius 2 is 1.88 bits per heavy atom. The minimum absolute atomic E-state index is 0.241. The monoisotopic (exact) mass is 355 g/mol. The van der Waals surface area contributed by atoms with Gasteiger partial charge in [0.2, 0.25) is 11.7 Å². The molecule has 26 heavy (non-hydrogen) atoms. The van der Waals surface area contributed by atoms with Crippen molar-refractivity contribution in [1.29, 1.82) is 0 Å². The number of amides is 1. The molecule has 0 aliphatic rings. The Balaban J connectivity index is 1.47. The van der Waals surface area contributed by atoms with Gasteiger partial charge >= 0.3 is 0 Å². The molecule has 1 amide bonds. The van der Waals surface area contributed by atoms with Gasteiger partial charge in [-0.3, -0.25) is 4.79 Å². The Bertz CT molecular complexity index is 860. The summed E-state index contributed by atoms with van der Waals surface area (Å²) in [5.41, 5.74) is 1.26. The van der Waals surface area contributed by atoms with Crippen molar-refractivity contribution < 1.29 is 18.4 Å². The number of methoxy groups -OCH3 is 1. The Morgan fingerprint density at radius 1 is 1.15 bits per heavy atom. The van der Waals surface area contributed by atoms with Gasteiger partial charge in [0.05, 0.1) is 7.11 Å². The number of aryl methyl sites for hydroxylation is 1. The molecule has 0 saturated carbocycles. The smallest absolute Gasteiger partial charge is 0.251 e. The maximum Gasteiger partial charge on any atom is 0.251 e. The van der Waals surface area contributed by atoms with E-state index in [1.807, 2.05) is 24.3 Å². The molecule has 1 aromatic heterocycles. The number of ether oxygens (including phenoxy) is 1. The molecule has 0 bridgehead atoms. The van der Waals surface area contributed by atoms with Gasteiger partial charge in [0.25, 0.3) is 5.91 Å². The van der Waals surface area contributed by atoms with Crippen molar-refractivity contribution in [3.05, 3.63) is 65.8 Å². The lowest BCUT2D eigenvalue weighted by molar-refractivity contribution is 0.0953. The third-order valence-corrected chi connectivity index (χ3v) is 3.78. The third-order valence-electron chi connectivity index (χ3n) is 3.78. The average Bonchev–Trinajstić information content (AvgIpc) is 3.14. The number of rotatable bonds is 7. The first-order chi connectivity index (χ1) is 12.7. The molecular formula is C19H18FN3O3. The van der Waals surface area contributed by atoms with E-state index in [2.05, 4.69) is 15.5 Å². The van der Waals surface area contributed by atoms with E-state index in [9.17, 15) is 9.18 Å². The van der Waals surface area contributed by atoms with Gasteiger partial charge in [-0.25, -0.2) is 4.39 Å². The SMILES string of the molecule is COc1ccc(-c2noc(CCCNC(=O)c3ccc(F)cc3)n2)cc1. The van der Waals surface area contributed by atoms with E-state index in [4.69, 9.17) is 9.26 Å². The molecule has 0 unspecified atom stereocenters. The Kier molecular flexibility index (Phi) is 5.58. The molecular weight excluding hydrogens is 337 g/mol. The predicted molar refractivity (Wildman–Crippen MR) is 93.3 cm³/mol. The second kappa shape index (κ2) is 8.24. The Morgan fingerprint density at radius 3 is 2.58 bits per heavy atom. The molecule has 0 fully saturated rings. The summed E-state index contributed by atoms with van der Waals surface area (Å²) < 4.78 is 23.2. The number of nitrogens with zero attached hydrogens (tertiary/aromatic N) is 2. The molecule has 2 aromatic carbocycles. The average molecular weight is 355 g/mol. The van der Waals surface area contributed by atoms with Crippen LogP contribution in [0.3, 0.4) is 0 Å². The fraction of sp³-hybridized carbons (Fsp3) is 0.211. The summed E-state index contributed by atoms with van der Waals surface area (Å²) in [5.74, 6) is 1.17. The molecule has 0 saturated heterocycles. The highest BCUT2D eigenvalue weighted by atomic mass is 19.1. The van der Waals surface area contributed by atoms with Crippen molar-refractivity contribution in [2.75, 3.05) is 13.7 Å². The molecule has 6 nitrogen and oxygen atoms in total. The molecule has 1 heterocycles. The van der Waals surface area contributed by atoms with E-state index in [1.54, 1.807) is 7.11 Å². The minimum Gasteiger partial charge on any atom is -0.497 e. The number of hydrogen-bond donors (Lipinski definition) is 1. The van der Waals surface area contributed by atoms with Crippen LogP contribution in [0.25, 0.3) is 11.4 Å². The van der Waals surface area contributed by atoms with Crippen LogP contribution < -0.4 is 10.1 Å². The molecule has 1 N–H and O–H groups in total. The van der Waals surface area contributed by atoms with Gasteiger partial charge in [-0.1, -0.05) is 5.16 Å². The minimum atomic E-state index is -0.370. The predicted octanol–water partition coefficient (Wildman–Crippen LogP) is 3.25.